The first-order valence-corrected chi connectivity index (χ1v) is 6.31. The van der Waals surface area contributed by atoms with Crippen LogP contribution in [0.15, 0.2) is 0 Å². The van der Waals surface area contributed by atoms with Crippen LogP contribution in [0.2, 0.25) is 0 Å². The third-order valence-electron chi connectivity index (χ3n) is 2.37. The highest BCUT2D eigenvalue weighted by Gasteiger charge is 2.22. The van der Waals surface area contributed by atoms with Gasteiger partial charge in [-0.15, -0.1) is 0 Å². The van der Waals surface area contributed by atoms with Gasteiger partial charge in [-0.3, -0.25) is 0 Å². The minimum absolute atomic E-state index is 0.0341. The van der Waals surface area contributed by atoms with E-state index in [0.717, 1.165) is 25.7 Å². The lowest BCUT2D eigenvalue weighted by Crippen LogP contribution is -2.41. The smallest absolute Gasteiger partial charge is 0.225 e. The molecule has 0 spiro atoms. The molecule has 0 unspecified atom stereocenters. The third kappa shape index (κ3) is 3.62. The van der Waals surface area contributed by atoms with E-state index in [2.05, 4.69) is 4.72 Å². The summed E-state index contributed by atoms with van der Waals surface area (Å²) in [6.07, 6.45) is 3.23. The molecule has 0 saturated heterocycles. The van der Waals surface area contributed by atoms with Crippen molar-refractivity contribution >= 4 is 10.0 Å². The van der Waals surface area contributed by atoms with Crippen LogP contribution in [0.3, 0.4) is 0 Å². The second-order valence-electron chi connectivity index (χ2n) is 3.65. The Hall–Kier alpha value is -0.640. The predicted octanol–water partition coefficient (Wildman–Crippen LogP) is -0.301. The molecule has 14 heavy (non-hydrogen) atoms. The molecule has 0 aliphatic heterocycles. The Balaban J connectivity index is 2.42. The van der Waals surface area contributed by atoms with Crippen molar-refractivity contribution in [3.8, 4) is 6.07 Å². The molecule has 0 radical (unpaired) electrons. The van der Waals surface area contributed by atoms with E-state index in [-0.39, 0.29) is 12.1 Å². The number of hydrogen-bond acceptors (Lipinski definition) is 4. The molecule has 5 nitrogen and oxygen atoms in total. The first-order valence-electron chi connectivity index (χ1n) is 4.66. The summed E-state index contributed by atoms with van der Waals surface area (Å²) in [5, 5.41) is 8.28. The van der Waals surface area contributed by atoms with Crippen LogP contribution < -0.4 is 10.5 Å². The number of nitrogens with one attached hydrogen (secondary N) is 1. The van der Waals surface area contributed by atoms with Crippen molar-refractivity contribution in [2.75, 3.05) is 5.75 Å². The van der Waals surface area contributed by atoms with Crippen LogP contribution in [0, 0.1) is 11.3 Å². The second-order valence-corrected chi connectivity index (χ2v) is 5.40. The fraction of sp³-hybridized carbons (Fsp3) is 0.875. The Morgan fingerprint density at radius 2 is 1.93 bits per heavy atom. The first-order chi connectivity index (χ1) is 6.53. The molecule has 0 aromatic rings. The maximum atomic E-state index is 11.2. The molecule has 0 bridgehead atoms. The lowest BCUT2D eigenvalue weighted by Gasteiger charge is -2.26. The molecule has 0 heterocycles. The molecular weight excluding hydrogens is 202 g/mol. The van der Waals surface area contributed by atoms with Gasteiger partial charge in [0.2, 0.25) is 10.0 Å². The predicted molar refractivity (Wildman–Crippen MR) is 52.8 cm³/mol. The topological polar surface area (TPSA) is 96.0 Å². The summed E-state index contributed by atoms with van der Waals surface area (Å²) in [6, 6.07) is 1.80. The molecule has 1 aliphatic rings. The minimum Gasteiger partial charge on any atom is -0.328 e. The van der Waals surface area contributed by atoms with Crippen LogP contribution in [0.5, 0.6) is 0 Å². The largest absolute Gasteiger partial charge is 0.328 e. The van der Waals surface area contributed by atoms with E-state index in [1.54, 1.807) is 6.07 Å². The van der Waals surface area contributed by atoms with Crippen LogP contribution in [-0.4, -0.2) is 26.3 Å². The second kappa shape index (κ2) is 4.73. The summed E-state index contributed by atoms with van der Waals surface area (Å²) >= 11 is 0. The van der Waals surface area contributed by atoms with E-state index < -0.39 is 15.8 Å². The van der Waals surface area contributed by atoms with Gasteiger partial charge in [0.15, 0.2) is 5.75 Å². The van der Waals surface area contributed by atoms with E-state index in [0.29, 0.717) is 0 Å². The van der Waals surface area contributed by atoms with Crippen molar-refractivity contribution in [1.82, 2.24) is 4.72 Å². The first kappa shape index (κ1) is 11.4. The van der Waals surface area contributed by atoms with Gasteiger partial charge in [0.05, 0.1) is 6.07 Å². The van der Waals surface area contributed by atoms with E-state index in [1.807, 2.05) is 0 Å². The monoisotopic (exact) mass is 217 g/mol. The molecule has 1 aliphatic carbocycles. The molecule has 0 amide bonds. The Kier molecular flexibility index (Phi) is 3.86. The summed E-state index contributed by atoms with van der Waals surface area (Å²) in [6.45, 7) is 0. The van der Waals surface area contributed by atoms with Gasteiger partial charge < -0.3 is 5.73 Å². The molecule has 0 aromatic heterocycles. The molecule has 1 rings (SSSR count). The highest BCUT2D eigenvalue weighted by atomic mass is 32.2. The van der Waals surface area contributed by atoms with Crippen molar-refractivity contribution in [2.24, 2.45) is 5.73 Å². The van der Waals surface area contributed by atoms with Crippen LogP contribution in [0.4, 0.5) is 0 Å². The zero-order valence-corrected chi connectivity index (χ0v) is 8.76. The van der Waals surface area contributed by atoms with E-state index >= 15 is 0 Å². The normalized spacial score (nSPS) is 28.3. The van der Waals surface area contributed by atoms with Crippen LogP contribution in [0.25, 0.3) is 0 Å². The number of rotatable bonds is 3. The molecule has 0 atom stereocenters. The Labute approximate surface area is 84.3 Å². The molecule has 6 heteroatoms. The van der Waals surface area contributed by atoms with Gasteiger partial charge >= 0.3 is 0 Å². The summed E-state index contributed by atoms with van der Waals surface area (Å²) in [5.74, 6) is -0.463. The summed E-state index contributed by atoms with van der Waals surface area (Å²) in [5.41, 5.74) is 5.69. The highest BCUT2D eigenvalue weighted by Crippen LogP contribution is 2.17. The molecule has 0 aromatic carbocycles. The minimum atomic E-state index is -3.40. The number of nitriles is 1. The molecule has 3 N–H and O–H groups in total. The van der Waals surface area contributed by atoms with Gasteiger partial charge in [0.25, 0.3) is 0 Å². The number of nitrogens with zero attached hydrogens (tertiary/aromatic N) is 1. The van der Waals surface area contributed by atoms with Gasteiger partial charge in [-0.25, -0.2) is 13.1 Å². The fourth-order valence-electron chi connectivity index (χ4n) is 1.62. The number of hydrogen-bond donors (Lipinski definition) is 2. The van der Waals surface area contributed by atoms with Gasteiger partial charge in [-0.2, -0.15) is 5.26 Å². The van der Waals surface area contributed by atoms with Gasteiger partial charge in [0, 0.05) is 12.1 Å². The molecule has 80 valence electrons. The van der Waals surface area contributed by atoms with Crippen molar-refractivity contribution in [1.29, 1.82) is 5.26 Å². The summed E-state index contributed by atoms with van der Waals surface area (Å²) < 4.78 is 24.9. The van der Waals surface area contributed by atoms with Crippen LogP contribution in [0.1, 0.15) is 25.7 Å². The van der Waals surface area contributed by atoms with Crippen molar-refractivity contribution < 1.29 is 8.42 Å². The standard InChI is InChI=1S/C8H15N3O2S/c9-5-6-14(12,13)11-8-3-1-7(10)2-4-8/h7-8,11H,1-4,6,10H2. The number of sulfonamides is 1. The average molecular weight is 217 g/mol. The van der Waals surface area contributed by atoms with Gasteiger partial charge in [0.1, 0.15) is 0 Å². The lowest BCUT2D eigenvalue weighted by atomic mass is 9.93. The fourth-order valence-corrected chi connectivity index (χ4v) is 2.61. The Bertz CT molecular complexity index is 312. The van der Waals surface area contributed by atoms with E-state index in [1.165, 1.54) is 0 Å². The number of nitrogens with two attached hydrogens (primary N) is 1. The zero-order valence-electron chi connectivity index (χ0n) is 7.94. The van der Waals surface area contributed by atoms with Crippen molar-refractivity contribution in [2.45, 2.75) is 37.8 Å². The van der Waals surface area contributed by atoms with Crippen molar-refractivity contribution in [3.63, 3.8) is 0 Å². The van der Waals surface area contributed by atoms with Crippen LogP contribution in [-0.2, 0) is 10.0 Å². The van der Waals surface area contributed by atoms with Crippen molar-refractivity contribution in [3.05, 3.63) is 0 Å². The molecule has 1 fully saturated rings. The van der Waals surface area contributed by atoms with Crippen LogP contribution >= 0.6 is 0 Å². The van der Waals surface area contributed by atoms with Gasteiger partial charge in [-0.1, -0.05) is 0 Å². The van der Waals surface area contributed by atoms with E-state index in [9.17, 15) is 8.42 Å². The third-order valence-corrected chi connectivity index (χ3v) is 3.57. The van der Waals surface area contributed by atoms with Gasteiger partial charge in [-0.05, 0) is 25.7 Å². The maximum absolute atomic E-state index is 11.2. The SMILES string of the molecule is N#CCS(=O)(=O)NC1CCC(N)CC1. The Morgan fingerprint density at radius 3 is 2.43 bits per heavy atom. The highest BCUT2D eigenvalue weighted by molar-refractivity contribution is 7.89. The zero-order chi connectivity index (χ0) is 10.6. The molecule has 1 saturated carbocycles. The summed E-state index contributed by atoms with van der Waals surface area (Å²) in [7, 11) is -3.40. The molecular formula is C8H15N3O2S. The summed E-state index contributed by atoms with van der Waals surface area (Å²) in [4.78, 5) is 0. The maximum Gasteiger partial charge on any atom is 0.225 e. The average Bonchev–Trinajstić information content (AvgIpc) is 2.08. The Morgan fingerprint density at radius 1 is 1.36 bits per heavy atom. The lowest BCUT2D eigenvalue weighted by molar-refractivity contribution is 0.374. The van der Waals surface area contributed by atoms with E-state index in [4.69, 9.17) is 11.0 Å². The quantitative estimate of drug-likeness (QED) is 0.678.